The van der Waals surface area contributed by atoms with Crippen molar-refractivity contribution < 1.29 is 9.90 Å². The fourth-order valence-corrected chi connectivity index (χ4v) is 4.16. The molecule has 0 aliphatic carbocycles. The summed E-state index contributed by atoms with van der Waals surface area (Å²) in [5.74, 6) is -0.677. The first-order valence-electron chi connectivity index (χ1n) is 8.89. The zero-order valence-electron chi connectivity index (χ0n) is 15.3. The first-order valence-corrected chi connectivity index (χ1v) is 8.89. The third-order valence-electron chi connectivity index (χ3n) is 5.74. The molecule has 6 heteroatoms. The van der Waals surface area contributed by atoms with E-state index in [0.717, 1.165) is 51.1 Å². The van der Waals surface area contributed by atoms with E-state index < -0.39 is 5.97 Å². The lowest BCUT2D eigenvalue weighted by Crippen LogP contribution is -2.40. The van der Waals surface area contributed by atoms with Gasteiger partial charge in [-0.2, -0.15) is 5.10 Å². The topological polar surface area (TPSA) is 72.5 Å². The Labute approximate surface area is 144 Å². The molecule has 134 valence electrons. The average molecular weight is 334 g/mol. The number of carboxylic acids is 1. The summed E-state index contributed by atoms with van der Waals surface area (Å²) in [6, 6.07) is 1.87. The number of rotatable bonds is 3. The first kappa shape index (κ1) is 17.4. The van der Waals surface area contributed by atoms with E-state index in [1.165, 1.54) is 5.69 Å². The molecule has 0 aromatic carbocycles. The third kappa shape index (κ3) is 3.49. The smallest absolute Gasteiger partial charge is 0.320 e. The maximum Gasteiger partial charge on any atom is 0.320 e. The molecule has 0 saturated carbocycles. The van der Waals surface area contributed by atoms with Gasteiger partial charge in [-0.1, -0.05) is 20.8 Å². The van der Waals surface area contributed by atoms with Crippen LogP contribution in [0.5, 0.6) is 0 Å². The number of nitrogens with zero attached hydrogens (tertiary/aromatic N) is 3. The van der Waals surface area contributed by atoms with Gasteiger partial charge in [-0.25, -0.2) is 0 Å². The maximum atomic E-state index is 11.4. The van der Waals surface area contributed by atoms with E-state index in [-0.39, 0.29) is 16.9 Å². The highest BCUT2D eigenvalue weighted by molar-refractivity contribution is 5.74. The second-order valence-corrected chi connectivity index (χ2v) is 8.78. The molecular weight excluding hydrogens is 304 g/mol. The summed E-state index contributed by atoms with van der Waals surface area (Å²) in [7, 11) is 1.94. The molecule has 0 amide bonds. The molecule has 2 aliphatic rings. The number of carbonyl (C=O) groups is 1. The molecule has 1 aromatic rings. The van der Waals surface area contributed by atoms with Crippen LogP contribution in [0.1, 0.15) is 51.4 Å². The first-order chi connectivity index (χ1) is 11.2. The number of piperidine rings is 1. The van der Waals surface area contributed by atoms with Gasteiger partial charge in [-0.05, 0) is 50.9 Å². The van der Waals surface area contributed by atoms with Crippen LogP contribution in [0.15, 0.2) is 6.07 Å². The van der Waals surface area contributed by atoms with Crippen molar-refractivity contribution in [2.75, 3.05) is 26.7 Å². The third-order valence-corrected chi connectivity index (χ3v) is 5.74. The number of aliphatic carboxylic acids is 1. The van der Waals surface area contributed by atoms with Crippen LogP contribution in [0.3, 0.4) is 0 Å². The summed E-state index contributed by atoms with van der Waals surface area (Å²) in [6.45, 7) is 10.4. The summed E-state index contributed by atoms with van der Waals surface area (Å²) in [5.41, 5.74) is 2.54. The number of aromatic amines is 1. The van der Waals surface area contributed by atoms with Gasteiger partial charge in [0, 0.05) is 24.2 Å². The van der Waals surface area contributed by atoms with Crippen LogP contribution in [-0.2, 0) is 16.8 Å². The van der Waals surface area contributed by atoms with Crippen LogP contribution in [-0.4, -0.2) is 63.8 Å². The largest absolute Gasteiger partial charge is 0.480 e. The zero-order valence-corrected chi connectivity index (χ0v) is 15.3. The second kappa shape index (κ2) is 6.15. The highest BCUT2D eigenvalue weighted by atomic mass is 16.4. The molecule has 3 heterocycles. The molecule has 0 unspecified atom stereocenters. The molecule has 1 spiro atoms. The molecule has 2 aliphatic heterocycles. The Kier molecular flexibility index (Phi) is 4.47. The van der Waals surface area contributed by atoms with E-state index in [1.807, 2.05) is 11.9 Å². The van der Waals surface area contributed by atoms with Crippen LogP contribution in [0.25, 0.3) is 0 Å². The molecular formula is C18H30N4O2. The minimum absolute atomic E-state index is 0.0704. The lowest BCUT2D eigenvalue weighted by Gasteiger charge is -2.39. The van der Waals surface area contributed by atoms with E-state index in [4.69, 9.17) is 0 Å². The number of H-pyrrole nitrogens is 1. The number of nitrogens with one attached hydrogen (secondary N) is 1. The highest BCUT2D eigenvalue weighted by Crippen LogP contribution is 2.43. The number of likely N-dealkylation sites (tertiary alicyclic amines) is 2. The van der Waals surface area contributed by atoms with Gasteiger partial charge in [-0.3, -0.25) is 19.7 Å². The summed E-state index contributed by atoms with van der Waals surface area (Å²) in [5, 5.41) is 17.0. The molecule has 1 atom stereocenters. The predicted molar refractivity (Wildman–Crippen MR) is 92.9 cm³/mol. The zero-order chi connectivity index (χ0) is 17.5. The summed E-state index contributed by atoms with van der Waals surface area (Å²) in [4.78, 5) is 15.8. The molecule has 24 heavy (non-hydrogen) atoms. The van der Waals surface area contributed by atoms with Crippen molar-refractivity contribution >= 4 is 5.97 Å². The standard InChI is InChI=1S/C18H30N4O2/c1-17(2,3)15-9-13(19-20-15)11-22-7-5-18(6-8-22)10-14(16(23)24)21(4)12-18/h9,14H,5-8,10-12H2,1-4H3,(H,19,20)(H,23,24)/t14-/m0/s1. The van der Waals surface area contributed by atoms with Crippen LogP contribution >= 0.6 is 0 Å². The van der Waals surface area contributed by atoms with Crippen LogP contribution in [0, 0.1) is 5.41 Å². The molecule has 1 aromatic heterocycles. The number of likely N-dealkylation sites (N-methyl/N-ethyl adjacent to an activating group) is 1. The van der Waals surface area contributed by atoms with Crippen LogP contribution in [0.2, 0.25) is 0 Å². The normalized spacial score (nSPS) is 25.4. The van der Waals surface area contributed by atoms with Gasteiger partial charge in [0.1, 0.15) is 6.04 Å². The van der Waals surface area contributed by atoms with E-state index in [1.54, 1.807) is 0 Å². The van der Waals surface area contributed by atoms with Gasteiger partial charge in [-0.15, -0.1) is 0 Å². The molecule has 6 nitrogen and oxygen atoms in total. The summed E-state index contributed by atoms with van der Waals surface area (Å²) >= 11 is 0. The van der Waals surface area contributed by atoms with Crippen LogP contribution < -0.4 is 0 Å². The fourth-order valence-electron chi connectivity index (χ4n) is 4.16. The Morgan fingerprint density at radius 2 is 2.08 bits per heavy atom. The fraction of sp³-hybridized carbons (Fsp3) is 0.778. The van der Waals surface area contributed by atoms with Gasteiger partial charge in [0.2, 0.25) is 0 Å². The molecule has 2 fully saturated rings. The lowest BCUT2D eigenvalue weighted by atomic mass is 9.76. The number of aromatic nitrogens is 2. The molecule has 2 saturated heterocycles. The lowest BCUT2D eigenvalue weighted by molar-refractivity contribution is -0.141. The number of carboxylic acid groups (broad SMARTS) is 1. The Balaban J connectivity index is 1.56. The van der Waals surface area contributed by atoms with Gasteiger partial charge < -0.3 is 5.11 Å². The summed E-state index contributed by atoms with van der Waals surface area (Å²) < 4.78 is 0. The average Bonchev–Trinajstić information content (AvgIpc) is 3.07. The quantitative estimate of drug-likeness (QED) is 0.885. The highest BCUT2D eigenvalue weighted by Gasteiger charge is 2.46. The van der Waals surface area contributed by atoms with Crippen molar-refractivity contribution in [3.8, 4) is 0 Å². The summed E-state index contributed by atoms with van der Waals surface area (Å²) in [6.07, 6.45) is 2.97. The van der Waals surface area contributed by atoms with Gasteiger partial charge in [0.25, 0.3) is 0 Å². The van der Waals surface area contributed by atoms with E-state index in [2.05, 4.69) is 41.9 Å². The monoisotopic (exact) mass is 334 g/mol. The van der Waals surface area contributed by atoms with Crippen LogP contribution in [0.4, 0.5) is 0 Å². The number of hydrogen-bond acceptors (Lipinski definition) is 4. The Bertz CT molecular complexity index is 596. The van der Waals surface area contributed by atoms with E-state index in [9.17, 15) is 9.90 Å². The van der Waals surface area contributed by atoms with Gasteiger partial charge in [0.05, 0.1) is 5.69 Å². The van der Waals surface area contributed by atoms with Crippen molar-refractivity contribution in [2.45, 2.75) is 58.0 Å². The minimum Gasteiger partial charge on any atom is -0.480 e. The SMILES string of the molecule is CN1CC2(CCN(Cc3cc(C(C)(C)C)n[nH]3)CC2)C[C@H]1C(=O)O. The van der Waals surface area contributed by atoms with Crippen molar-refractivity contribution in [3.05, 3.63) is 17.5 Å². The predicted octanol–water partition coefficient (Wildman–Crippen LogP) is 2.08. The molecule has 0 radical (unpaired) electrons. The van der Waals surface area contributed by atoms with E-state index >= 15 is 0 Å². The molecule has 3 rings (SSSR count). The van der Waals surface area contributed by atoms with Gasteiger partial charge >= 0.3 is 5.97 Å². The number of hydrogen-bond donors (Lipinski definition) is 2. The van der Waals surface area contributed by atoms with Crippen molar-refractivity contribution in [1.29, 1.82) is 0 Å². The van der Waals surface area contributed by atoms with E-state index in [0.29, 0.717) is 0 Å². The molecule has 0 bridgehead atoms. The minimum atomic E-state index is -0.677. The van der Waals surface area contributed by atoms with Gasteiger partial charge in [0.15, 0.2) is 0 Å². The second-order valence-electron chi connectivity index (χ2n) is 8.78. The van der Waals surface area contributed by atoms with Crippen molar-refractivity contribution in [1.82, 2.24) is 20.0 Å². The maximum absolute atomic E-state index is 11.4. The Morgan fingerprint density at radius 3 is 2.58 bits per heavy atom. The molecule has 2 N–H and O–H groups in total. The van der Waals surface area contributed by atoms with Crippen molar-refractivity contribution in [3.63, 3.8) is 0 Å². The van der Waals surface area contributed by atoms with Crippen molar-refractivity contribution in [2.24, 2.45) is 5.41 Å². The Morgan fingerprint density at radius 1 is 1.42 bits per heavy atom. The Hall–Kier alpha value is -1.40.